The van der Waals surface area contributed by atoms with Crippen LogP contribution in [0, 0.1) is 29.1 Å². The number of halogens is 1. The van der Waals surface area contributed by atoms with Gasteiger partial charge >= 0.3 is 6.03 Å². The largest absolute Gasteiger partial charge is 0.598 e. The first-order chi connectivity index (χ1) is 23.2. The summed E-state index contributed by atoms with van der Waals surface area (Å²) in [7, 11) is -1.69. The molecule has 48 heavy (non-hydrogen) atoms. The van der Waals surface area contributed by atoms with Gasteiger partial charge in [-0.25, -0.2) is 9.53 Å². The number of nitrogens with zero attached hydrogens (tertiary/aromatic N) is 3. The molecule has 4 aliphatic rings. The van der Waals surface area contributed by atoms with Crippen LogP contribution < -0.4 is 15.0 Å². The average Bonchev–Trinajstić information content (AvgIpc) is 3.88. The lowest BCUT2D eigenvalue weighted by atomic mass is 9.70. The number of carbonyl (C=O) groups is 2. The van der Waals surface area contributed by atoms with E-state index in [-0.39, 0.29) is 17.8 Å². The minimum Gasteiger partial charge on any atom is -0.491 e. The molecule has 1 N–H and O–H groups in total. The second-order valence-electron chi connectivity index (χ2n) is 13.8. The van der Waals surface area contributed by atoms with E-state index in [0.29, 0.717) is 55.2 Å². The van der Waals surface area contributed by atoms with E-state index in [1.807, 2.05) is 25.1 Å². The Balaban J connectivity index is 1.43. The lowest BCUT2D eigenvalue weighted by Crippen LogP contribution is -2.43. The van der Waals surface area contributed by atoms with Gasteiger partial charge in [-0.1, -0.05) is 36.7 Å². The Labute approximate surface area is 289 Å². The zero-order valence-electron chi connectivity index (χ0n) is 27.9. The van der Waals surface area contributed by atoms with Crippen molar-refractivity contribution in [1.29, 1.82) is 0 Å². The number of carbonyl (C=O) groups excluding carboxylic acids is 2. The molecule has 9 nitrogen and oxygen atoms in total. The van der Waals surface area contributed by atoms with E-state index >= 15 is 0 Å². The van der Waals surface area contributed by atoms with Crippen molar-refractivity contribution in [2.45, 2.75) is 70.9 Å². The van der Waals surface area contributed by atoms with Crippen LogP contribution in [0.1, 0.15) is 73.4 Å². The number of methoxy groups -OCH3 is 1. The second kappa shape index (κ2) is 15.4. The highest BCUT2D eigenvalue weighted by Gasteiger charge is 2.38. The maximum absolute atomic E-state index is 14.2. The zero-order chi connectivity index (χ0) is 33.7. The summed E-state index contributed by atoms with van der Waals surface area (Å²) in [6.07, 6.45) is 11.8. The molecular formula is C37H46ClN4O5S+. The quantitative estimate of drug-likeness (QED) is 0.261. The number of anilines is 1. The van der Waals surface area contributed by atoms with Crippen LogP contribution in [-0.4, -0.2) is 54.8 Å². The fourth-order valence-corrected chi connectivity index (χ4v) is 8.76. The molecule has 3 amide bonds. The fraction of sp³-hybridized carbons (Fsp3) is 0.541. The maximum atomic E-state index is 14.2. The molecule has 2 saturated carbocycles. The highest BCUT2D eigenvalue weighted by Crippen LogP contribution is 2.42. The van der Waals surface area contributed by atoms with Crippen LogP contribution in [0.4, 0.5) is 10.5 Å². The Morgan fingerprint density at radius 2 is 2.02 bits per heavy atom. The van der Waals surface area contributed by atoms with Crippen LogP contribution in [0.3, 0.4) is 0 Å². The van der Waals surface area contributed by atoms with Crippen LogP contribution >= 0.6 is 11.6 Å². The lowest BCUT2D eigenvalue weighted by Gasteiger charge is -2.43. The molecule has 2 fully saturated rings. The van der Waals surface area contributed by atoms with Crippen molar-refractivity contribution in [3.8, 4) is 11.2 Å². The number of aryl methyl sites for hydroxylation is 1. The smallest absolute Gasteiger partial charge is 0.491 e. The predicted molar refractivity (Wildman–Crippen MR) is 190 cm³/mol. The highest BCUT2D eigenvalue weighted by atomic mass is 35.5. The van der Waals surface area contributed by atoms with E-state index in [1.54, 1.807) is 13.2 Å². The molecule has 11 heteroatoms. The van der Waals surface area contributed by atoms with Crippen LogP contribution in [0.25, 0.3) is 4.85 Å². The Kier molecular flexibility index (Phi) is 11.1. The van der Waals surface area contributed by atoms with Gasteiger partial charge in [0, 0.05) is 30.8 Å². The number of amides is 3. The van der Waals surface area contributed by atoms with Gasteiger partial charge in [0.1, 0.15) is 5.75 Å². The molecule has 2 aliphatic carbocycles. The summed E-state index contributed by atoms with van der Waals surface area (Å²) >= 11 is 6.45. The monoisotopic (exact) mass is 693 g/mol. The molecule has 0 spiro atoms. The van der Waals surface area contributed by atoms with Crippen molar-refractivity contribution in [2.24, 2.45) is 28.0 Å². The molecule has 2 bridgehead atoms. The number of benzene rings is 2. The van der Waals surface area contributed by atoms with Crippen LogP contribution in [-0.2, 0) is 27.4 Å². The van der Waals surface area contributed by atoms with E-state index in [9.17, 15) is 13.8 Å². The number of ether oxygens (including phenoxy) is 2. The lowest BCUT2D eigenvalue weighted by molar-refractivity contribution is 0.0133. The van der Waals surface area contributed by atoms with Gasteiger partial charge in [0.25, 0.3) is 11.3 Å². The Morgan fingerprint density at radius 1 is 1.17 bits per heavy atom. The van der Waals surface area contributed by atoms with Crippen molar-refractivity contribution in [3.05, 3.63) is 75.1 Å². The van der Waals surface area contributed by atoms with E-state index in [0.717, 1.165) is 62.2 Å². The minimum atomic E-state index is -3.44. The maximum Gasteiger partial charge on any atom is 0.598 e. The van der Waals surface area contributed by atoms with E-state index in [4.69, 9.17) is 21.1 Å². The second-order valence-corrected chi connectivity index (χ2v) is 16.2. The zero-order valence-corrected chi connectivity index (χ0v) is 29.4. The Hall–Kier alpha value is -3.39. The van der Waals surface area contributed by atoms with Gasteiger partial charge in [-0.15, -0.1) is 9.21 Å². The van der Waals surface area contributed by atoms with Crippen LogP contribution in [0.5, 0.6) is 5.75 Å². The van der Waals surface area contributed by atoms with Gasteiger partial charge in [-0.05, 0) is 116 Å². The summed E-state index contributed by atoms with van der Waals surface area (Å²) in [6.45, 7) is 4.37. The van der Waals surface area contributed by atoms with Crippen molar-refractivity contribution in [2.75, 3.05) is 37.5 Å². The third-order valence-corrected chi connectivity index (χ3v) is 12.0. The molecule has 0 aromatic heterocycles. The molecule has 0 radical (unpaired) electrons. The van der Waals surface area contributed by atoms with E-state index in [2.05, 4.69) is 49.1 Å². The minimum absolute atomic E-state index is 0.0334. The average molecular weight is 694 g/mol. The van der Waals surface area contributed by atoms with Crippen molar-refractivity contribution >= 4 is 39.0 Å². The Morgan fingerprint density at radius 3 is 2.79 bits per heavy atom. The number of fused-ring (bicyclic) bond motifs is 3. The summed E-state index contributed by atoms with van der Waals surface area (Å²) in [5.74, 6) is 1.15. The van der Waals surface area contributed by atoms with Gasteiger partial charge in [-0.2, -0.15) is 4.79 Å². The van der Waals surface area contributed by atoms with Gasteiger partial charge in [0.15, 0.2) is 9.73 Å². The summed E-state index contributed by atoms with van der Waals surface area (Å²) in [6, 6.07) is 10.8. The standard InChI is InChI=1S/C37H45ClN4O5S/c1-25-6-5-8-34(46-2)32-15-12-30(32)22-42-21-29-11-14-31(38)18-27(29)7-3-4-17-47-35-16-13-28(19-33(35)42)36(43)41-48(45,23-25)24-40-37(44)39-20-26-9-10-26/h5,8,11,13-14,16,18-19,25-26,30,32,34H,3-4,6-7,9-10,12,15,17,20-23H2,1-2H3/p+1/b8-5+/t25-,30-,32+,34-,48?/m0/s1. The molecule has 5 atom stereocenters. The predicted octanol–water partition coefficient (Wildman–Crippen LogP) is 7.72. The number of hydrogen-bond acceptors (Lipinski definition) is 6. The Bertz CT molecular complexity index is 1740. The highest BCUT2D eigenvalue weighted by molar-refractivity contribution is 7.98. The number of urea groups is 1. The molecule has 1 unspecified atom stereocenters. The van der Waals surface area contributed by atoms with E-state index in [1.165, 1.54) is 11.1 Å². The summed E-state index contributed by atoms with van der Waals surface area (Å²) in [5.41, 5.74) is 3.48. The normalized spacial score (nSPS) is 28.4. The molecule has 256 valence electrons. The number of rotatable bonds is 3. The molecule has 2 aromatic rings. The van der Waals surface area contributed by atoms with E-state index < -0.39 is 21.7 Å². The number of hydrogen-bond donors (Lipinski definition) is 1. The molecular weight excluding hydrogens is 648 g/mol. The molecule has 2 aliphatic heterocycles. The van der Waals surface area contributed by atoms with Gasteiger partial charge in [0.2, 0.25) is 0 Å². The van der Waals surface area contributed by atoms with Gasteiger partial charge < -0.3 is 14.4 Å². The van der Waals surface area contributed by atoms with Crippen LogP contribution in [0.15, 0.2) is 52.9 Å². The number of nitrogens with one attached hydrogen (secondary N) is 1. The fourth-order valence-electron chi connectivity index (χ4n) is 6.87. The molecule has 6 rings (SSSR count). The summed E-state index contributed by atoms with van der Waals surface area (Å²) < 4.78 is 30.8. The molecule has 2 aromatic carbocycles. The van der Waals surface area contributed by atoms with Gasteiger partial charge in [-0.3, -0.25) is 4.79 Å². The molecule has 0 saturated heterocycles. The first kappa shape index (κ1) is 34.5. The van der Waals surface area contributed by atoms with Gasteiger partial charge in [0.05, 0.1) is 30.7 Å². The molecule has 2 heterocycles. The number of thiocyanates is 1. The first-order valence-electron chi connectivity index (χ1n) is 17.2. The topological polar surface area (TPSA) is 102 Å². The third kappa shape index (κ3) is 8.79. The van der Waals surface area contributed by atoms with Crippen LogP contribution in [0.2, 0.25) is 5.02 Å². The summed E-state index contributed by atoms with van der Waals surface area (Å²) in [5, 5.41) is 5.97. The first-order valence-corrected chi connectivity index (χ1v) is 19.3. The van der Waals surface area contributed by atoms with Crippen molar-refractivity contribution in [3.63, 3.8) is 0 Å². The number of allylic oxidation sites excluding steroid dienone is 1. The third-order valence-electron chi connectivity index (χ3n) is 9.93. The SMILES string of the molecule is CO[C@H]1/C=C/C[C@H](C)CS(=O)(C#[N+]C(=O)NCC2CC2)=NC(=O)c2ccc3c(c2)N(Cc2ccc(Cl)cc2CCCCO3)C[C@@H]2CC[C@H]21. The summed E-state index contributed by atoms with van der Waals surface area (Å²) in [4.78, 5) is 32.4. The van der Waals surface area contributed by atoms with Crippen molar-refractivity contribution in [1.82, 2.24) is 5.32 Å². The van der Waals surface area contributed by atoms with Crippen molar-refractivity contribution < 1.29 is 23.3 Å².